The number of hydrogen-bond acceptors (Lipinski definition) is 10. The summed E-state index contributed by atoms with van der Waals surface area (Å²) in [5.74, 6) is 7.40. The maximum absolute atomic E-state index is 13.6. The molecule has 16 heteroatoms. The van der Waals surface area contributed by atoms with Crippen molar-refractivity contribution in [3.05, 3.63) is 76.0 Å². The number of carbonyl (C=O) groups is 3. The minimum atomic E-state index is -0.996. The highest BCUT2D eigenvalue weighted by Crippen LogP contribution is 2.41. The molecule has 0 spiro atoms. The molecule has 4 fully saturated rings. The number of fused-ring (bicyclic) bond motifs is 3. The maximum Gasteiger partial charge on any atom is 0.329 e. The van der Waals surface area contributed by atoms with Crippen LogP contribution in [0.1, 0.15) is 72.6 Å². The molecule has 3 saturated heterocycles. The number of hydrogen-bond donors (Lipinski definition) is 3. The fourth-order valence-electron chi connectivity index (χ4n) is 9.86. The van der Waals surface area contributed by atoms with Crippen LogP contribution in [0.25, 0.3) is 16.7 Å². The second-order valence-corrected chi connectivity index (χ2v) is 17.2. The van der Waals surface area contributed by atoms with E-state index in [9.17, 15) is 23.6 Å². The number of imide groups is 1. The van der Waals surface area contributed by atoms with Crippen molar-refractivity contribution in [2.24, 2.45) is 18.9 Å². The normalized spacial score (nSPS) is 22.3. The van der Waals surface area contributed by atoms with Gasteiger partial charge in [-0.3, -0.25) is 28.8 Å². The van der Waals surface area contributed by atoms with Crippen molar-refractivity contribution in [3.63, 3.8) is 0 Å². The lowest BCUT2D eigenvalue weighted by molar-refractivity contribution is -0.135. The zero-order valence-corrected chi connectivity index (χ0v) is 34.5. The fraction of sp³-hybridized carbons (Fsp3) is 0.467. The molecule has 1 unspecified atom stereocenters. The molecular weight excluding hydrogens is 778 g/mol. The fourth-order valence-corrected chi connectivity index (χ4v) is 9.86. The summed E-state index contributed by atoms with van der Waals surface area (Å²) in [6.45, 7) is 5.88. The van der Waals surface area contributed by atoms with Crippen LogP contribution < -0.4 is 31.4 Å². The van der Waals surface area contributed by atoms with E-state index in [1.165, 1.54) is 22.0 Å². The minimum absolute atomic E-state index is 0.202. The van der Waals surface area contributed by atoms with Crippen LogP contribution in [-0.4, -0.2) is 105 Å². The zero-order valence-electron chi connectivity index (χ0n) is 34.5. The van der Waals surface area contributed by atoms with Crippen LogP contribution in [0.15, 0.2) is 53.5 Å². The highest BCUT2D eigenvalue weighted by atomic mass is 19.1. The van der Waals surface area contributed by atoms with Crippen LogP contribution >= 0.6 is 0 Å². The quantitative estimate of drug-likeness (QED) is 0.155. The monoisotopic (exact) mass is 827 g/mol. The molecule has 61 heavy (non-hydrogen) atoms. The van der Waals surface area contributed by atoms with Gasteiger partial charge in [-0.15, -0.1) is 5.10 Å². The number of aromatic nitrogens is 5. The number of carbonyl (C=O) groups excluding carboxylic acids is 3. The van der Waals surface area contributed by atoms with E-state index in [0.29, 0.717) is 41.3 Å². The molecule has 0 bridgehead atoms. The van der Waals surface area contributed by atoms with E-state index in [2.05, 4.69) is 65.7 Å². The molecule has 5 aliphatic rings. The second kappa shape index (κ2) is 15.7. The molecular formula is C45H50FN11O4. The van der Waals surface area contributed by atoms with Crippen LogP contribution in [0.5, 0.6) is 0 Å². The predicted octanol–water partition coefficient (Wildman–Crippen LogP) is 3.92. The molecule has 3 amide bonds. The average molecular weight is 828 g/mol. The zero-order chi connectivity index (χ0) is 41.9. The summed E-state index contributed by atoms with van der Waals surface area (Å²) >= 11 is 0. The summed E-state index contributed by atoms with van der Waals surface area (Å²) in [5.41, 5.74) is 7.15. The third-order valence-electron chi connectivity index (χ3n) is 13.4. The number of alkyl halides is 1. The van der Waals surface area contributed by atoms with E-state index in [4.69, 9.17) is 5.10 Å². The highest BCUT2D eigenvalue weighted by Gasteiger charge is 2.39. The molecule has 3 atom stereocenters. The highest BCUT2D eigenvalue weighted by molar-refractivity contribution is 6.00. The van der Waals surface area contributed by atoms with Gasteiger partial charge in [-0.05, 0) is 81.8 Å². The molecule has 3 aromatic heterocycles. The molecule has 0 radical (unpaired) electrons. The number of anilines is 4. The van der Waals surface area contributed by atoms with Gasteiger partial charge in [0.25, 0.3) is 5.91 Å². The number of nitrogens with zero attached hydrogens (tertiary/aromatic N) is 8. The number of para-hydroxylation sites is 1. The molecule has 2 aromatic carbocycles. The van der Waals surface area contributed by atoms with Gasteiger partial charge in [0.05, 0.1) is 34.5 Å². The van der Waals surface area contributed by atoms with E-state index in [1.54, 1.807) is 16.1 Å². The lowest BCUT2D eigenvalue weighted by Gasteiger charge is -2.38. The number of imidazole rings is 2. The Morgan fingerprint density at radius 1 is 0.967 bits per heavy atom. The predicted molar refractivity (Wildman–Crippen MR) is 230 cm³/mol. The molecule has 1 aliphatic carbocycles. The number of halogens is 1. The Hall–Kier alpha value is -6.21. The summed E-state index contributed by atoms with van der Waals surface area (Å²) in [4.78, 5) is 62.6. The van der Waals surface area contributed by atoms with E-state index < -0.39 is 24.2 Å². The number of piperidine rings is 3. The largest absolute Gasteiger partial charge is 0.385 e. The van der Waals surface area contributed by atoms with Gasteiger partial charge in [0.2, 0.25) is 11.8 Å². The van der Waals surface area contributed by atoms with Crippen molar-refractivity contribution in [1.82, 2.24) is 39.3 Å². The van der Waals surface area contributed by atoms with E-state index in [1.807, 2.05) is 31.3 Å². The molecule has 3 N–H and O–H groups in total. The molecule has 1 saturated carbocycles. The van der Waals surface area contributed by atoms with Crippen LogP contribution in [0, 0.1) is 23.7 Å². The Morgan fingerprint density at radius 3 is 2.49 bits per heavy atom. The number of aryl methyl sites for hydroxylation is 1. The SMILES string of the molecule is CNc1cc(N2CCc3c(N4CCC(CN5CCC(C#Cc6cccc7c6n(C)c(=O)n7C6CCC(=O)NC6=O)CC5)CC4)cccc32)nn2c(C(=O)N[C@@H]3C[C@@H]3F)cnc12. The first-order valence-corrected chi connectivity index (χ1v) is 21.6. The Labute approximate surface area is 352 Å². The summed E-state index contributed by atoms with van der Waals surface area (Å²) in [7, 11) is 3.54. The van der Waals surface area contributed by atoms with Gasteiger partial charge in [0.15, 0.2) is 17.2 Å². The number of amides is 3. The third-order valence-corrected chi connectivity index (χ3v) is 13.4. The van der Waals surface area contributed by atoms with Gasteiger partial charge in [0.1, 0.15) is 12.2 Å². The van der Waals surface area contributed by atoms with Crippen molar-refractivity contribution in [1.29, 1.82) is 0 Å². The van der Waals surface area contributed by atoms with Crippen LogP contribution in [0.2, 0.25) is 0 Å². The minimum Gasteiger partial charge on any atom is -0.385 e. The van der Waals surface area contributed by atoms with Gasteiger partial charge in [-0.25, -0.2) is 18.7 Å². The Bertz CT molecular complexity index is 2690. The first-order chi connectivity index (χ1) is 29.6. The topological polar surface area (TPSA) is 154 Å². The molecule has 10 rings (SSSR count). The summed E-state index contributed by atoms with van der Waals surface area (Å²) in [6.07, 6.45) is 6.49. The molecule has 15 nitrogen and oxygen atoms in total. The van der Waals surface area contributed by atoms with Crippen molar-refractivity contribution in [2.75, 3.05) is 61.4 Å². The van der Waals surface area contributed by atoms with Crippen molar-refractivity contribution >= 4 is 57.3 Å². The standard InChI is InChI=1S/C45H50FN11O4/c1-47-33-24-39(51-57-38(25-48-42(33)57)44(60)49-32-23-31(32)46)55-22-17-30-34(6-4-7-35(30)55)54-20-15-28(16-21-54)26-53-18-13-27(14-19-53)9-10-29-5-3-8-36-41(29)52(2)45(61)56(36)37-11-12-40(58)50-43(37)59/h3-8,24-25,27-28,31-32,37,47H,11-23,26H2,1-2H3,(H,49,60)(H,50,58,59)/t31-,32+,37?/m0/s1. The van der Waals surface area contributed by atoms with Crippen LogP contribution in [-0.2, 0) is 23.1 Å². The van der Waals surface area contributed by atoms with Crippen molar-refractivity contribution in [2.45, 2.75) is 69.6 Å². The van der Waals surface area contributed by atoms with Gasteiger partial charge >= 0.3 is 5.69 Å². The maximum atomic E-state index is 13.6. The summed E-state index contributed by atoms with van der Waals surface area (Å²) < 4.78 is 18.2. The van der Waals surface area contributed by atoms with Gasteiger partial charge in [0, 0.05) is 82.0 Å². The molecule has 4 aliphatic heterocycles. The van der Waals surface area contributed by atoms with E-state index >= 15 is 0 Å². The van der Waals surface area contributed by atoms with Crippen molar-refractivity contribution < 1.29 is 18.8 Å². The lowest BCUT2D eigenvalue weighted by Crippen LogP contribution is -2.44. The van der Waals surface area contributed by atoms with Crippen molar-refractivity contribution in [3.8, 4) is 11.8 Å². The number of rotatable bonds is 8. The van der Waals surface area contributed by atoms with Gasteiger partial charge < -0.3 is 25.3 Å². The van der Waals surface area contributed by atoms with Gasteiger partial charge in [-0.1, -0.05) is 24.0 Å². The van der Waals surface area contributed by atoms with Crippen LogP contribution in [0.4, 0.5) is 27.3 Å². The molecule has 316 valence electrons. The van der Waals surface area contributed by atoms with E-state index in [0.717, 1.165) is 88.3 Å². The lowest BCUT2D eigenvalue weighted by atomic mass is 9.92. The average Bonchev–Trinajstić information content (AvgIpc) is 3.55. The summed E-state index contributed by atoms with van der Waals surface area (Å²) in [6, 6.07) is 13.0. The number of nitrogens with one attached hydrogen (secondary N) is 3. The first kappa shape index (κ1) is 39.0. The van der Waals surface area contributed by atoms with Crippen LogP contribution in [0.3, 0.4) is 0 Å². The van der Waals surface area contributed by atoms with E-state index in [-0.39, 0.29) is 35.5 Å². The Morgan fingerprint density at radius 2 is 1.74 bits per heavy atom. The smallest absolute Gasteiger partial charge is 0.329 e. The summed E-state index contributed by atoms with van der Waals surface area (Å²) in [5, 5.41) is 13.2. The number of benzene rings is 2. The number of likely N-dealkylation sites (tertiary alicyclic amines) is 1. The second-order valence-electron chi connectivity index (χ2n) is 17.2. The Balaban J connectivity index is 0.760. The Kier molecular flexibility index (Phi) is 10.0. The first-order valence-electron chi connectivity index (χ1n) is 21.6. The third kappa shape index (κ3) is 7.18. The molecule has 5 aromatic rings. The molecule has 7 heterocycles. The van der Waals surface area contributed by atoms with Gasteiger partial charge in [-0.2, -0.15) is 0 Å².